The van der Waals surface area contributed by atoms with Crippen molar-refractivity contribution in [3.8, 4) is 0 Å². The lowest BCUT2D eigenvalue weighted by Gasteiger charge is -2.28. The molecule has 5 heteroatoms. The molecule has 2 aliphatic rings. The number of amides is 1. The molecule has 0 unspecified atom stereocenters. The maximum Gasteiger partial charge on any atom is 0.307 e. The number of aliphatic carboxylic acids is 1. The molecule has 1 aliphatic heterocycles. The van der Waals surface area contributed by atoms with Gasteiger partial charge >= 0.3 is 5.97 Å². The van der Waals surface area contributed by atoms with Crippen molar-refractivity contribution in [2.45, 2.75) is 25.7 Å². The van der Waals surface area contributed by atoms with Gasteiger partial charge in [0, 0.05) is 6.54 Å². The van der Waals surface area contributed by atoms with E-state index in [1.807, 2.05) is 0 Å². The van der Waals surface area contributed by atoms with E-state index in [1.54, 1.807) is 0 Å². The predicted octanol–water partition coefficient (Wildman–Crippen LogP) is 0.555. The van der Waals surface area contributed by atoms with Crippen LogP contribution in [-0.2, 0) is 9.59 Å². The van der Waals surface area contributed by atoms with E-state index in [9.17, 15) is 9.59 Å². The molecule has 0 aromatic heterocycles. The highest BCUT2D eigenvalue weighted by atomic mass is 16.4. The molecule has 0 aromatic carbocycles. The first-order valence-electron chi connectivity index (χ1n) is 6.77. The average molecular weight is 254 g/mol. The summed E-state index contributed by atoms with van der Waals surface area (Å²) < 4.78 is 0. The Bertz CT molecular complexity index is 324. The fourth-order valence-electron chi connectivity index (χ4n) is 2.64. The van der Waals surface area contributed by atoms with Crippen molar-refractivity contribution in [1.82, 2.24) is 10.2 Å². The second-order valence-corrected chi connectivity index (χ2v) is 5.61. The first-order valence-corrected chi connectivity index (χ1v) is 6.77. The minimum absolute atomic E-state index is 0.0738. The third kappa shape index (κ3) is 3.45. The highest BCUT2D eigenvalue weighted by molar-refractivity contribution is 5.89. The molecule has 18 heavy (non-hydrogen) atoms. The van der Waals surface area contributed by atoms with Crippen molar-refractivity contribution >= 4 is 11.9 Å². The summed E-state index contributed by atoms with van der Waals surface area (Å²) in [7, 11) is 2.14. The van der Waals surface area contributed by atoms with Gasteiger partial charge in [-0.15, -0.1) is 0 Å². The molecule has 2 atom stereocenters. The van der Waals surface area contributed by atoms with Gasteiger partial charge < -0.3 is 15.3 Å². The van der Waals surface area contributed by atoms with Crippen molar-refractivity contribution in [2.75, 3.05) is 26.7 Å². The fraction of sp³-hybridized carbons (Fsp3) is 0.846. The first-order chi connectivity index (χ1) is 8.58. The molecule has 2 fully saturated rings. The van der Waals surface area contributed by atoms with Crippen LogP contribution in [0.5, 0.6) is 0 Å². The zero-order valence-electron chi connectivity index (χ0n) is 10.9. The Hall–Kier alpha value is -1.10. The van der Waals surface area contributed by atoms with Gasteiger partial charge in [0.05, 0.1) is 11.8 Å². The van der Waals surface area contributed by atoms with Gasteiger partial charge in [0.25, 0.3) is 0 Å². The molecule has 2 rings (SSSR count). The van der Waals surface area contributed by atoms with E-state index in [1.165, 1.54) is 12.8 Å². The standard InChI is InChI=1S/C13H22N2O3/c1-15-6-3-9(4-7-15)2-5-14-12(16)10-8-11(10)13(17)18/h9-11H,2-8H2,1H3,(H,14,16)(H,17,18)/t10-,11+/m1/s1. The van der Waals surface area contributed by atoms with Gasteiger partial charge in [-0.3, -0.25) is 9.59 Å². The van der Waals surface area contributed by atoms with Gasteiger partial charge in [0.2, 0.25) is 5.91 Å². The minimum atomic E-state index is -0.842. The van der Waals surface area contributed by atoms with Crippen LogP contribution in [0.15, 0.2) is 0 Å². The lowest BCUT2D eigenvalue weighted by molar-refractivity contribution is -0.140. The number of carboxylic acid groups (broad SMARTS) is 1. The zero-order chi connectivity index (χ0) is 13.1. The number of nitrogens with zero attached hydrogens (tertiary/aromatic N) is 1. The van der Waals surface area contributed by atoms with Crippen LogP contribution in [-0.4, -0.2) is 48.6 Å². The SMILES string of the molecule is CN1CCC(CCNC(=O)[C@@H]2C[C@@H]2C(=O)O)CC1. The second kappa shape index (κ2) is 5.69. The highest BCUT2D eigenvalue weighted by Crippen LogP contribution is 2.38. The quantitative estimate of drug-likeness (QED) is 0.752. The highest BCUT2D eigenvalue weighted by Gasteiger charge is 2.48. The summed E-state index contributed by atoms with van der Waals surface area (Å²) in [5.74, 6) is -0.926. The molecule has 0 bridgehead atoms. The molecular weight excluding hydrogens is 232 g/mol. The second-order valence-electron chi connectivity index (χ2n) is 5.61. The predicted molar refractivity (Wildman–Crippen MR) is 67.1 cm³/mol. The zero-order valence-corrected chi connectivity index (χ0v) is 10.9. The lowest BCUT2D eigenvalue weighted by atomic mass is 9.94. The van der Waals surface area contributed by atoms with Gasteiger partial charge in [0.1, 0.15) is 0 Å². The Morgan fingerprint density at radius 1 is 1.28 bits per heavy atom. The Morgan fingerprint density at radius 2 is 1.94 bits per heavy atom. The lowest BCUT2D eigenvalue weighted by Crippen LogP contribution is -2.33. The molecular formula is C13H22N2O3. The molecule has 1 saturated heterocycles. The summed E-state index contributed by atoms with van der Waals surface area (Å²) in [6.45, 7) is 2.97. The molecule has 1 aliphatic carbocycles. The van der Waals surface area contributed by atoms with Crippen molar-refractivity contribution in [2.24, 2.45) is 17.8 Å². The molecule has 1 amide bonds. The molecule has 102 valence electrons. The Labute approximate surface area is 108 Å². The van der Waals surface area contributed by atoms with Crippen LogP contribution in [0.2, 0.25) is 0 Å². The van der Waals surface area contributed by atoms with Gasteiger partial charge in [-0.1, -0.05) is 0 Å². The van der Waals surface area contributed by atoms with E-state index in [4.69, 9.17) is 5.11 Å². The van der Waals surface area contributed by atoms with Crippen LogP contribution < -0.4 is 5.32 Å². The average Bonchev–Trinajstić information content (AvgIpc) is 3.11. The fourth-order valence-corrected chi connectivity index (χ4v) is 2.64. The number of carbonyl (C=O) groups excluding carboxylic acids is 1. The van der Waals surface area contributed by atoms with Crippen molar-refractivity contribution in [3.63, 3.8) is 0 Å². The normalized spacial score (nSPS) is 28.9. The number of piperidine rings is 1. The van der Waals surface area contributed by atoms with Crippen LogP contribution in [0.25, 0.3) is 0 Å². The van der Waals surface area contributed by atoms with Gasteiger partial charge in [-0.25, -0.2) is 0 Å². The molecule has 0 radical (unpaired) electrons. The van der Waals surface area contributed by atoms with Crippen LogP contribution >= 0.6 is 0 Å². The summed E-state index contributed by atoms with van der Waals surface area (Å²) in [6, 6.07) is 0. The molecule has 5 nitrogen and oxygen atoms in total. The largest absolute Gasteiger partial charge is 0.481 e. The Kier molecular flexibility index (Phi) is 4.22. The number of hydrogen-bond acceptors (Lipinski definition) is 3. The van der Waals surface area contributed by atoms with Crippen LogP contribution in [0.3, 0.4) is 0 Å². The summed E-state index contributed by atoms with van der Waals surface area (Å²) >= 11 is 0. The first kappa shape index (κ1) is 13.3. The van der Waals surface area contributed by atoms with Crippen molar-refractivity contribution in [1.29, 1.82) is 0 Å². The summed E-state index contributed by atoms with van der Waals surface area (Å²) in [6.07, 6.45) is 3.93. The third-order valence-electron chi connectivity index (χ3n) is 4.13. The molecule has 0 aromatic rings. The smallest absolute Gasteiger partial charge is 0.307 e. The number of carboxylic acids is 1. The van der Waals surface area contributed by atoms with E-state index < -0.39 is 11.9 Å². The third-order valence-corrected chi connectivity index (χ3v) is 4.13. The molecule has 2 N–H and O–H groups in total. The van der Waals surface area contributed by atoms with Crippen LogP contribution in [0, 0.1) is 17.8 Å². The Morgan fingerprint density at radius 3 is 2.50 bits per heavy atom. The summed E-state index contributed by atoms with van der Waals surface area (Å²) in [5, 5.41) is 11.6. The van der Waals surface area contributed by atoms with E-state index in [0.717, 1.165) is 19.5 Å². The van der Waals surface area contributed by atoms with Crippen LogP contribution in [0.1, 0.15) is 25.7 Å². The number of nitrogens with one attached hydrogen (secondary N) is 1. The summed E-state index contributed by atoms with van der Waals surface area (Å²) in [4.78, 5) is 24.6. The van der Waals surface area contributed by atoms with E-state index in [-0.39, 0.29) is 11.8 Å². The maximum atomic E-state index is 11.6. The number of hydrogen-bond donors (Lipinski definition) is 2. The van der Waals surface area contributed by atoms with Gasteiger partial charge in [0.15, 0.2) is 0 Å². The van der Waals surface area contributed by atoms with Crippen molar-refractivity contribution in [3.05, 3.63) is 0 Å². The van der Waals surface area contributed by atoms with E-state index >= 15 is 0 Å². The Balaban J connectivity index is 1.58. The molecule has 1 heterocycles. The van der Waals surface area contributed by atoms with E-state index in [2.05, 4.69) is 17.3 Å². The van der Waals surface area contributed by atoms with Crippen LogP contribution in [0.4, 0.5) is 0 Å². The number of carbonyl (C=O) groups is 2. The molecule has 0 spiro atoms. The monoisotopic (exact) mass is 254 g/mol. The molecule has 1 saturated carbocycles. The summed E-state index contributed by atoms with van der Waals surface area (Å²) in [5.41, 5.74) is 0. The number of rotatable bonds is 5. The number of likely N-dealkylation sites (tertiary alicyclic amines) is 1. The van der Waals surface area contributed by atoms with E-state index in [0.29, 0.717) is 18.9 Å². The minimum Gasteiger partial charge on any atom is -0.481 e. The van der Waals surface area contributed by atoms with Crippen molar-refractivity contribution < 1.29 is 14.7 Å². The van der Waals surface area contributed by atoms with Gasteiger partial charge in [-0.2, -0.15) is 0 Å². The maximum absolute atomic E-state index is 11.6. The van der Waals surface area contributed by atoms with Gasteiger partial charge in [-0.05, 0) is 51.7 Å². The topological polar surface area (TPSA) is 69.6 Å².